The second-order valence-corrected chi connectivity index (χ2v) is 6.38. The van der Waals surface area contributed by atoms with Gasteiger partial charge in [0.25, 0.3) is 0 Å². The van der Waals surface area contributed by atoms with E-state index in [9.17, 15) is 0 Å². The highest BCUT2D eigenvalue weighted by Gasteiger charge is 2.15. The number of hydrogen-bond acceptors (Lipinski definition) is 2. The van der Waals surface area contributed by atoms with Crippen LogP contribution in [0.2, 0.25) is 0 Å². The highest BCUT2D eigenvalue weighted by molar-refractivity contribution is 7.09. The third kappa shape index (κ3) is 4.44. The average molecular weight is 251 g/mol. The van der Waals surface area contributed by atoms with Crippen molar-refractivity contribution in [3.8, 4) is 0 Å². The predicted octanol–water partition coefficient (Wildman–Crippen LogP) is 4.24. The van der Waals surface area contributed by atoms with E-state index >= 15 is 0 Å². The van der Waals surface area contributed by atoms with Crippen molar-refractivity contribution in [2.45, 2.75) is 57.4 Å². The fraction of sp³-hybridized carbons (Fsp3) is 0.733. The molecule has 1 aromatic heterocycles. The first kappa shape index (κ1) is 13.1. The Kier molecular flexibility index (Phi) is 5.53. The molecular weight excluding hydrogens is 226 g/mol. The van der Waals surface area contributed by atoms with Crippen LogP contribution in [0.15, 0.2) is 17.5 Å². The molecule has 1 aliphatic rings. The SMILES string of the molecule is CNC(CCC1CCCCC1)Cc1cccs1. The number of nitrogens with one attached hydrogen (secondary N) is 1. The van der Waals surface area contributed by atoms with Crippen molar-refractivity contribution in [2.75, 3.05) is 7.05 Å². The number of hydrogen-bond donors (Lipinski definition) is 1. The van der Waals surface area contributed by atoms with Crippen molar-refractivity contribution in [3.63, 3.8) is 0 Å². The maximum absolute atomic E-state index is 3.49. The standard InChI is InChI=1S/C15H25NS/c1-16-14(12-15-8-5-11-17-15)10-9-13-6-3-2-4-7-13/h5,8,11,13-14,16H,2-4,6-7,9-10,12H2,1H3. The van der Waals surface area contributed by atoms with E-state index in [4.69, 9.17) is 0 Å². The molecule has 1 nitrogen and oxygen atoms in total. The van der Waals surface area contributed by atoms with Crippen LogP contribution < -0.4 is 5.32 Å². The first-order valence-corrected chi connectivity index (χ1v) is 7.96. The third-order valence-electron chi connectivity index (χ3n) is 4.08. The van der Waals surface area contributed by atoms with Crippen molar-refractivity contribution < 1.29 is 0 Å². The molecule has 2 heteroatoms. The van der Waals surface area contributed by atoms with Crippen LogP contribution >= 0.6 is 11.3 Å². The molecule has 0 amide bonds. The predicted molar refractivity (Wildman–Crippen MR) is 76.7 cm³/mol. The largest absolute Gasteiger partial charge is 0.317 e. The van der Waals surface area contributed by atoms with Gasteiger partial charge in [0.2, 0.25) is 0 Å². The Morgan fingerprint density at radius 3 is 2.82 bits per heavy atom. The minimum absolute atomic E-state index is 0.676. The Labute approximate surface area is 110 Å². The van der Waals surface area contributed by atoms with Gasteiger partial charge in [-0.15, -0.1) is 11.3 Å². The molecule has 1 saturated carbocycles. The molecule has 1 fully saturated rings. The van der Waals surface area contributed by atoms with E-state index in [-0.39, 0.29) is 0 Å². The molecule has 1 unspecified atom stereocenters. The van der Waals surface area contributed by atoms with Crippen LogP contribution in [0.4, 0.5) is 0 Å². The summed E-state index contributed by atoms with van der Waals surface area (Å²) >= 11 is 1.89. The minimum atomic E-state index is 0.676. The van der Waals surface area contributed by atoms with Gasteiger partial charge in [0, 0.05) is 10.9 Å². The van der Waals surface area contributed by atoms with Gasteiger partial charge in [-0.1, -0.05) is 38.2 Å². The summed E-state index contributed by atoms with van der Waals surface area (Å²) in [6.45, 7) is 0. The van der Waals surface area contributed by atoms with Crippen molar-refractivity contribution in [1.82, 2.24) is 5.32 Å². The summed E-state index contributed by atoms with van der Waals surface area (Å²) in [4.78, 5) is 1.52. The van der Waals surface area contributed by atoms with Gasteiger partial charge in [-0.3, -0.25) is 0 Å². The van der Waals surface area contributed by atoms with Crippen LogP contribution in [0.1, 0.15) is 49.8 Å². The van der Waals surface area contributed by atoms with Crippen molar-refractivity contribution >= 4 is 11.3 Å². The summed E-state index contributed by atoms with van der Waals surface area (Å²) in [7, 11) is 2.11. The molecule has 1 heterocycles. The zero-order valence-electron chi connectivity index (χ0n) is 11.0. The molecule has 0 aromatic carbocycles. The second kappa shape index (κ2) is 7.17. The van der Waals surface area contributed by atoms with Gasteiger partial charge in [-0.25, -0.2) is 0 Å². The van der Waals surface area contributed by atoms with E-state index in [2.05, 4.69) is 29.9 Å². The average Bonchev–Trinajstić information content (AvgIpc) is 2.88. The van der Waals surface area contributed by atoms with Crippen LogP contribution in [0.5, 0.6) is 0 Å². The molecule has 17 heavy (non-hydrogen) atoms. The lowest BCUT2D eigenvalue weighted by molar-refractivity contribution is 0.316. The maximum atomic E-state index is 3.49. The van der Waals surface area contributed by atoms with Crippen LogP contribution in [0.25, 0.3) is 0 Å². The van der Waals surface area contributed by atoms with Gasteiger partial charge >= 0.3 is 0 Å². The molecule has 2 rings (SSSR count). The van der Waals surface area contributed by atoms with E-state index in [1.165, 1.54) is 56.2 Å². The summed E-state index contributed by atoms with van der Waals surface area (Å²) in [5, 5.41) is 5.67. The van der Waals surface area contributed by atoms with Gasteiger partial charge < -0.3 is 5.32 Å². The molecule has 0 spiro atoms. The summed E-state index contributed by atoms with van der Waals surface area (Å²) in [5.41, 5.74) is 0. The highest BCUT2D eigenvalue weighted by Crippen LogP contribution is 2.28. The Balaban J connectivity index is 1.71. The molecule has 0 bridgehead atoms. The Hall–Kier alpha value is -0.340. The minimum Gasteiger partial charge on any atom is -0.317 e. The lowest BCUT2D eigenvalue weighted by Crippen LogP contribution is -2.28. The van der Waals surface area contributed by atoms with Crippen LogP contribution in [0.3, 0.4) is 0 Å². The summed E-state index contributed by atoms with van der Waals surface area (Å²) in [5.74, 6) is 1.02. The second-order valence-electron chi connectivity index (χ2n) is 5.35. The topological polar surface area (TPSA) is 12.0 Å². The Morgan fingerprint density at radius 1 is 1.35 bits per heavy atom. The first-order valence-electron chi connectivity index (χ1n) is 7.08. The molecular formula is C15H25NS. The fourth-order valence-electron chi connectivity index (χ4n) is 2.93. The molecule has 0 radical (unpaired) electrons. The van der Waals surface area contributed by atoms with Crippen LogP contribution in [0, 0.1) is 5.92 Å². The smallest absolute Gasteiger partial charge is 0.0112 e. The van der Waals surface area contributed by atoms with E-state index in [1.807, 2.05) is 11.3 Å². The molecule has 1 aromatic rings. The van der Waals surface area contributed by atoms with Crippen molar-refractivity contribution in [3.05, 3.63) is 22.4 Å². The Bertz CT molecular complexity index is 288. The lowest BCUT2D eigenvalue weighted by atomic mass is 9.85. The molecule has 1 atom stereocenters. The van der Waals surface area contributed by atoms with Crippen LogP contribution in [-0.2, 0) is 6.42 Å². The monoisotopic (exact) mass is 251 g/mol. The summed E-state index contributed by atoms with van der Waals surface area (Å²) in [6.07, 6.45) is 11.4. The van der Waals surface area contributed by atoms with E-state index < -0.39 is 0 Å². The summed E-state index contributed by atoms with van der Waals surface area (Å²) in [6, 6.07) is 5.10. The zero-order chi connectivity index (χ0) is 11.9. The zero-order valence-corrected chi connectivity index (χ0v) is 11.8. The molecule has 1 aliphatic carbocycles. The molecule has 0 saturated heterocycles. The highest BCUT2D eigenvalue weighted by atomic mass is 32.1. The van der Waals surface area contributed by atoms with Gasteiger partial charge in [-0.05, 0) is 43.7 Å². The van der Waals surface area contributed by atoms with E-state index in [0.717, 1.165) is 5.92 Å². The van der Waals surface area contributed by atoms with Crippen molar-refractivity contribution in [2.24, 2.45) is 5.92 Å². The van der Waals surface area contributed by atoms with Crippen LogP contribution in [-0.4, -0.2) is 13.1 Å². The fourth-order valence-corrected chi connectivity index (χ4v) is 3.72. The number of likely N-dealkylation sites (N-methyl/N-ethyl adjacent to an activating group) is 1. The number of rotatable bonds is 6. The summed E-state index contributed by atoms with van der Waals surface area (Å²) < 4.78 is 0. The molecule has 0 aliphatic heterocycles. The lowest BCUT2D eigenvalue weighted by Gasteiger charge is -2.24. The Morgan fingerprint density at radius 2 is 2.18 bits per heavy atom. The molecule has 1 N–H and O–H groups in total. The quantitative estimate of drug-likeness (QED) is 0.797. The van der Waals surface area contributed by atoms with Crippen molar-refractivity contribution in [1.29, 1.82) is 0 Å². The first-order chi connectivity index (χ1) is 8.38. The van der Waals surface area contributed by atoms with E-state index in [1.54, 1.807) is 0 Å². The molecule has 96 valence electrons. The van der Waals surface area contributed by atoms with Gasteiger partial charge in [0.1, 0.15) is 0 Å². The normalized spacial score (nSPS) is 19.4. The van der Waals surface area contributed by atoms with E-state index in [0.29, 0.717) is 6.04 Å². The van der Waals surface area contributed by atoms with Gasteiger partial charge in [-0.2, -0.15) is 0 Å². The number of thiophene rings is 1. The maximum Gasteiger partial charge on any atom is 0.0112 e. The van der Waals surface area contributed by atoms with Gasteiger partial charge in [0.05, 0.1) is 0 Å². The van der Waals surface area contributed by atoms with Gasteiger partial charge in [0.15, 0.2) is 0 Å². The third-order valence-corrected chi connectivity index (χ3v) is 4.98.